The topological polar surface area (TPSA) is 118 Å². The molecule has 3 N–H and O–H groups in total. The molecule has 4 rings (SSSR count). The highest BCUT2D eigenvalue weighted by molar-refractivity contribution is 7.92. The number of benzene rings is 2. The van der Waals surface area contributed by atoms with Crippen LogP contribution in [0.5, 0.6) is 5.75 Å². The summed E-state index contributed by atoms with van der Waals surface area (Å²) >= 11 is 6.33. The summed E-state index contributed by atoms with van der Waals surface area (Å²) in [5.41, 5.74) is 2.62. The summed E-state index contributed by atoms with van der Waals surface area (Å²) < 4.78 is 37.7. The van der Waals surface area contributed by atoms with Gasteiger partial charge >= 0.3 is 0 Å². The van der Waals surface area contributed by atoms with Gasteiger partial charge in [0.15, 0.2) is 5.82 Å². The van der Waals surface area contributed by atoms with Crippen LogP contribution in [0.4, 0.5) is 34.5 Å². The monoisotopic (exact) mass is 518 g/mol. The van der Waals surface area contributed by atoms with E-state index in [1.54, 1.807) is 38.3 Å². The number of nitrogens with one attached hydrogen (secondary N) is 3. The maximum atomic E-state index is 12.1. The summed E-state index contributed by atoms with van der Waals surface area (Å²) in [6.45, 7) is 4.60. The molecule has 0 bridgehead atoms. The standard InChI is InChI=1S/C23H27ClN6O4S/c1-3-35(31,32)29-19-7-5-4-6-18(19)26-22-17(24)15-25-23(28-22)27-20-9-8-16(14-21(20)33-2)30-10-12-34-13-11-30/h4-9,14-15,29H,3,10-13H2,1-2H3,(H2,25,26,27,28). The Morgan fingerprint density at radius 2 is 1.83 bits per heavy atom. The third-order valence-electron chi connectivity index (χ3n) is 5.38. The fourth-order valence-electron chi connectivity index (χ4n) is 3.49. The van der Waals surface area contributed by atoms with Crippen molar-refractivity contribution in [3.8, 4) is 5.75 Å². The predicted octanol–water partition coefficient (Wildman–Crippen LogP) is 4.22. The normalized spacial score (nSPS) is 13.9. The maximum absolute atomic E-state index is 12.1. The van der Waals surface area contributed by atoms with Gasteiger partial charge in [-0.25, -0.2) is 13.4 Å². The molecule has 0 amide bonds. The number of hydrogen-bond donors (Lipinski definition) is 3. The largest absolute Gasteiger partial charge is 0.494 e. The Bertz CT molecular complexity index is 1280. The van der Waals surface area contributed by atoms with E-state index in [0.717, 1.165) is 18.8 Å². The van der Waals surface area contributed by atoms with E-state index in [4.69, 9.17) is 21.1 Å². The van der Waals surface area contributed by atoms with E-state index < -0.39 is 10.0 Å². The lowest BCUT2D eigenvalue weighted by Crippen LogP contribution is -2.36. The minimum absolute atomic E-state index is 0.0458. The molecule has 2 aromatic carbocycles. The van der Waals surface area contributed by atoms with Gasteiger partial charge in [0.25, 0.3) is 0 Å². The Morgan fingerprint density at radius 1 is 1.09 bits per heavy atom. The highest BCUT2D eigenvalue weighted by Crippen LogP contribution is 2.33. The van der Waals surface area contributed by atoms with Crippen LogP contribution in [0, 0.1) is 0 Å². The third kappa shape index (κ3) is 6.24. The van der Waals surface area contributed by atoms with E-state index in [1.165, 1.54) is 6.20 Å². The molecule has 0 atom stereocenters. The van der Waals surface area contributed by atoms with E-state index in [-0.39, 0.29) is 10.8 Å². The highest BCUT2D eigenvalue weighted by Gasteiger charge is 2.16. The van der Waals surface area contributed by atoms with Gasteiger partial charge < -0.3 is 25.0 Å². The molecular weight excluding hydrogens is 492 g/mol. The lowest BCUT2D eigenvalue weighted by atomic mass is 10.2. The Labute approximate surface area is 209 Å². The Kier molecular flexibility index (Phi) is 7.79. The quantitative estimate of drug-likeness (QED) is 0.382. The third-order valence-corrected chi connectivity index (χ3v) is 6.95. The molecule has 12 heteroatoms. The van der Waals surface area contributed by atoms with Crippen LogP contribution in [-0.2, 0) is 14.8 Å². The maximum Gasteiger partial charge on any atom is 0.232 e. The van der Waals surface area contributed by atoms with E-state index in [1.807, 2.05) is 18.2 Å². The average molecular weight is 519 g/mol. The molecule has 3 aromatic rings. The molecule has 1 aliphatic rings. The molecule has 1 aromatic heterocycles. The van der Waals surface area contributed by atoms with Gasteiger partial charge in [0, 0.05) is 24.8 Å². The molecule has 186 valence electrons. The van der Waals surface area contributed by atoms with Crippen LogP contribution in [0.25, 0.3) is 0 Å². The van der Waals surface area contributed by atoms with Crippen molar-refractivity contribution in [2.75, 3.05) is 59.4 Å². The molecule has 1 saturated heterocycles. The van der Waals surface area contributed by atoms with Crippen LogP contribution in [-0.4, -0.2) is 57.6 Å². The second kappa shape index (κ2) is 11.0. The zero-order valence-corrected chi connectivity index (χ0v) is 21.0. The number of para-hydroxylation sites is 2. The summed E-state index contributed by atoms with van der Waals surface area (Å²) in [5, 5.41) is 6.54. The smallest absolute Gasteiger partial charge is 0.232 e. The summed E-state index contributed by atoms with van der Waals surface area (Å²) in [5.74, 6) is 1.20. The van der Waals surface area contributed by atoms with Crippen LogP contribution in [0.3, 0.4) is 0 Å². The number of halogens is 1. The van der Waals surface area contributed by atoms with Crippen molar-refractivity contribution in [3.63, 3.8) is 0 Å². The lowest BCUT2D eigenvalue weighted by molar-refractivity contribution is 0.122. The van der Waals surface area contributed by atoms with E-state index >= 15 is 0 Å². The molecule has 2 heterocycles. The Morgan fingerprint density at radius 3 is 2.54 bits per heavy atom. The highest BCUT2D eigenvalue weighted by atomic mass is 35.5. The number of aromatic nitrogens is 2. The van der Waals surface area contributed by atoms with Crippen LogP contribution >= 0.6 is 11.6 Å². The molecule has 1 aliphatic heterocycles. The predicted molar refractivity (Wildman–Crippen MR) is 139 cm³/mol. The van der Waals surface area contributed by atoms with Crippen molar-refractivity contribution < 1.29 is 17.9 Å². The summed E-state index contributed by atoms with van der Waals surface area (Å²) in [4.78, 5) is 11.0. The van der Waals surface area contributed by atoms with Gasteiger partial charge in [0.05, 0.1) is 49.3 Å². The minimum Gasteiger partial charge on any atom is -0.494 e. The number of rotatable bonds is 9. The van der Waals surface area contributed by atoms with Crippen molar-refractivity contribution in [2.45, 2.75) is 6.92 Å². The van der Waals surface area contributed by atoms with Gasteiger partial charge in [-0.2, -0.15) is 4.98 Å². The van der Waals surface area contributed by atoms with Crippen LogP contribution in [0.2, 0.25) is 5.02 Å². The molecule has 0 saturated carbocycles. The fraction of sp³-hybridized carbons (Fsp3) is 0.304. The number of anilines is 6. The number of nitrogens with zero attached hydrogens (tertiary/aromatic N) is 3. The first-order valence-electron chi connectivity index (χ1n) is 11.1. The second-order valence-electron chi connectivity index (χ2n) is 7.68. The molecule has 10 nitrogen and oxygen atoms in total. The lowest BCUT2D eigenvalue weighted by Gasteiger charge is -2.29. The molecular formula is C23H27ClN6O4S. The number of morpholine rings is 1. The number of sulfonamides is 1. The van der Waals surface area contributed by atoms with Gasteiger partial charge in [0.1, 0.15) is 10.8 Å². The van der Waals surface area contributed by atoms with Crippen LogP contribution in [0.1, 0.15) is 6.92 Å². The van der Waals surface area contributed by atoms with Gasteiger partial charge in [-0.05, 0) is 31.2 Å². The van der Waals surface area contributed by atoms with Crippen molar-refractivity contribution in [1.29, 1.82) is 0 Å². The van der Waals surface area contributed by atoms with Crippen molar-refractivity contribution in [1.82, 2.24) is 9.97 Å². The van der Waals surface area contributed by atoms with Crippen LogP contribution < -0.4 is 25.0 Å². The summed E-state index contributed by atoms with van der Waals surface area (Å²) in [6, 6.07) is 12.8. The zero-order valence-electron chi connectivity index (χ0n) is 19.4. The molecule has 0 aliphatic carbocycles. The summed E-state index contributed by atoms with van der Waals surface area (Å²) in [7, 11) is -1.85. The van der Waals surface area contributed by atoms with Gasteiger partial charge in [-0.3, -0.25) is 4.72 Å². The molecule has 35 heavy (non-hydrogen) atoms. The molecule has 0 radical (unpaired) electrons. The first-order chi connectivity index (χ1) is 16.9. The van der Waals surface area contributed by atoms with Crippen molar-refractivity contribution >= 4 is 56.1 Å². The van der Waals surface area contributed by atoms with Gasteiger partial charge in [0.2, 0.25) is 16.0 Å². The van der Waals surface area contributed by atoms with Crippen molar-refractivity contribution in [3.05, 3.63) is 53.7 Å². The van der Waals surface area contributed by atoms with E-state index in [0.29, 0.717) is 47.8 Å². The number of methoxy groups -OCH3 is 1. The fourth-order valence-corrected chi connectivity index (χ4v) is 4.28. The number of hydrogen-bond acceptors (Lipinski definition) is 9. The molecule has 0 spiro atoms. The minimum atomic E-state index is -3.46. The first-order valence-corrected chi connectivity index (χ1v) is 13.1. The number of ether oxygens (including phenoxy) is 2. The average Bonchev–Trinajstić information content (AvgIpc) is 2.88. The zero-order chi connectivity index (χ0) is 24.8. The van der Waals surface area contributed by atoms with Crippen molar-refractivity contribution in [2.24, 2.45) is 0 Å². The second-order valence-corrected chi connectivity index (χ2v) is 10.1. The first kappa shape index (κ1) is 24.8. The van der Waals surface area contributed by atoms with E-state index in [9.17, 15) is 8.42 Å². The SMILES string of the molecule is CCS(=O)(=O)Nc1ccccc1Nc1nc(Nc2ccc(N3CCOCC3)cc2OC)ncc1Cl. The Hall–Kier alpha value is -3.28. The Balaban J connectivity index is 1.56. The molecule has 1 fully saturated rings. The van der Waals surface area contributed by atoms with Gasteiger partial charge in [-0.1, -0.05) is 23.7 Å². The summed E-state index contributed by atoms with van der Waals surface area (Å²) in [6.07, 6.45) is 1.46. The van der Waals surface area contributed by atoms with E-state index in [2.05, 4.69) is 30.2 Å². The van der Waals surface area contributed by atoms with Crippen LogP contribution in [0.15, 0.2) is 48.7 Å². The molecule has 0 unspecified atom stereocenters. The van der Waals surface area contributed by atoms with Gasteiger partial charge in [-0.15, -0.1) is 0 Å².